The van der Waals surface area contributed by atoms with Crippen LogP contribution < -0.4 is 0 Å². The Bertz CT molecular complexity index is 256. The molecule has 15 heavy (non-hydrogen) atoms. The Kier molecular flexibility index (Phi) is 4.12. The van der Waals surface area contributed by atoms with Crippen molar-refractivity contribution in [1.29, 1.82) is 10.5 Å². The van der Waals surface area contributed by atoms with Crippen molar-refractivity contribution in [3.63, 3.8) is 0 Å². The molecular formula is C12H19N3. The Labute approximate surface area is 92.3 Å². The van der Waals surface area contributed by atoms with Gasteiger partial charge in [0.1, 0.15) is 5.41 Å². The minimum atomic E-state index is -0.691. The van der Waals surface area contributed by atoms with Gasteiger partial charge in [-0.15, -0.1) is 0 Å². The van der Waals surface area contributed by atoms with Crippen LogP contribution >= 0.6 is 0 Å². The number of nitrogens with zero attached hydrogens (tertiary/aromatic N) is 3. The largest absolute Gasteiger partial charge is 0.301 e. The lowest BCUT2D eigenvalue weighted by Gasteiger charge is -2.36. The molecule has 0 bridgehead atoms. The first kappa shape index (κ1) is 12.0. The van der Waals surface area contributed by atoms with Crippen LogP contribution in [0.4, 0.5) is 0 Å². The van der Waals surface area contributed by atoms with Crippen LogP contribution in [0.1, 0.15) is 39.5 Å². The third kappa shape index (κ3) is 2.49. The molecule has 1 aliphatic carbocycles. The van der Waals surface area contributed by atoms with E-state index in [-0.39, 0.29) is 0 Å². The third-order valence-corrected chi connectivity index (χ3v) is 3.57. The van der Waals surface area contributed by atoms with Gasteiger partial charge < -0.3 is 4.90 Å². The van der Waals surface area contributed by atoms with Crippen LogP contribution in [-0.4, -0.2) is 24.0 Å². The molecule has 0 spiro atoms. The average molecular weight is 205 g/mol. The van der Waals surface area contributed by atoms with E-state index in [4.69, 9.17) is 10.5 Å². The minimum Gasteiger partial charge on any atom is -0.301 e. The summed E-state index contributed by atoms with van der Waals surface area (Å²) in [7, 11) is 0. The smallest absolute Gasteiger partial charge is 0.143 e. The zero-order valence-electron chi connectivity index (χ0n) is 9.66. The Morgan fingerprint density at radius 1 is 1.13 bits per heavy atom. The quantitative estimate of drug-likeness (QED) is 0.710. The van der Waals surface area contributed by atoms with E-state index in [2.05, 4.69) is 30.9 Å². The maximum atomic E-state index is 8.99. The Morgan fingerprint density at radius 2 is 1.60 bits per heavy atom. The first-order valence-corrected chi connectivity index (χ1v) is 5.78. The van der Waals surface area contributed by atoms with Crippen LogP contribution in [0.15, 0.2) is 0 Å². The molecule has 1 saturated carbocycles. The van der Waals surface area contributed by atoms with Crippen LogP contribution in [0.25, 0.3) is 0 Å². The van der Waals surface area contributed by atoms with Crippen LogP contribution in [0.5, 0.6) is 0 Å². The van der Waals surface area contributed by atoms with Gasteiger partial charge in [0.05, 0.1) is 12.1 Å². The molecule has 1 fully saturated rings. The van der Waals surface area contributed by atoms with Gasteiger partial charge in [0.2, 0.25) is 0 Å². The first-order chi connectivity index (χ1) is 7.21. The van der Waals surface area contributed by atoms with Crippen molar-refractivity contribution in [3.05, 3.63) is 0 Å². The van der Waals surface area contributed by atoms with Crippen molar-refractivity contribution < 1.29 is 0 Å². The van der Waals surface area contributed by atoms with Gasteiger partial charge in [-0.05, 0) is 38.8 Å². The lowest BCUT2D eigenvalue weighted by molar-refractivity contribution is 0.144. The molecule has 3 nitrogen and oxygen atoms in total. The van der Waals surface area contributed by atoms with E-state index in [0.29, 0.717) is 6.04 Å². The predicted octanol–water partition coefficient (Wildman–Crippen LogP) is 2.30. The van der Waals surface area contributed by atoms with E-state index >= 15 is 0 Å². The Hall–Kier alpha value is -1.06. The molecular weight excluding hydrogens is 186 g/mol. The maximum absolute atomic E-state index is 8.99. The van der Waals surface area contributed by atoms with Crippen molar-refractivity contribution >= 4 is 0 Å². The fourth-order valence-corrected chi connectivity index (χ4v) is 2.45. The topological polar surface area (TPSA) is 50.8 Å². The van der Waals surface area contributed by atoms with E-state index in [1.165, 1.54) is 0 Å². The van der Waals surface area contributed by atoms with E-state index in [1.807, 2.05) is 0 Å². The summed E-state index contributed by atoms with van der Waals surface area (Å²) < 4.78 is 0. The van der Waals surface area contributed by atoms with Crippen molar-refractivity contribution in [2.24, 2.45) is 5.41 Å². The summed E-state index contributed by atoms with van der Waals surface area (Å²) in [6.07, 6.45) is 3.45. The van der Waals surface area contributed by atoms with Crippen molar-refractivity contribution in [1.82, 2.24) is 4.90 Å². The zero-order valence-corrected chi connectivity index (χ0v) is 9.66. The summed E-state index contributed by atoms with van der Waals surface area (Å²) in [5.74, 6) is 0. The molecule has 0 heterocycles. The standard InChI is InChI=1S/C12H19N3/c1-3-15(4-2)11-5-7-12(9-13,10-14)8-6-11/h11H,3-8H2,1-2H3. The van der Waals surface area contributed by atoms with Crippen molar-refractivity contribution in [2.75, 3.05) is 13.1 Å². The SMILES string of the molecule is CCN(CC)C1CCC(C#N)(C#N)CC1. The van der Waals surface area contributed by atoms with Gasteiger partial charge in [0.15, 0.2) is 0 Å². The molecule has 0 unspecified atom stereocenters. The van der Waals surface area contributed by atoms with Crippen LogP contribution in [0.3, 0.4) is 0 Å². The molecule has 0 radical (unpaired) electrons. The molecule has 0 aromatic carbocycles. The van der Waals surface area contributed by atoms with Gasteiger partial charge in [-0.1, -0.05) is 13.8 Å². The molecule has 0 amide bonds. The van der Waals surface area contributed by atoms with Gasteiger partial charge in [0, 0.05) is 6.04 Å². The Balaban J connectivity index is 2.57. The molecule has 1 rings (SSSR count). The molecule has 3 heteroatoms. The summed E-state index contributed by atoms with van der Waals surface area (Å²) in [4.78, 5) is 2.43. The highest BCUT2D eigenvalue weighted by atomic mass is 15.1. The number of rotatable bonds is 3. The molecule has 0 N–H and O–H groups in total. The van der Waals surface area contributed by atoms with E-state index in [9.17, 15) is 0 Å². The van der Waals surface area contributed by atoms with Crippen LogP contribution in [-0.2, 0) is 0 Å². The normalized spacial score (nSPS) is 20.9. The van der Waals surface area contributed by atoms with Gasteiger partial charge in [-0.25, -0.2) is 0 Å². The van der Waals surface area contributed by atoms with Gasteiger partial charge >= 0.3 is 0 Å². The molecule has 0 aromatic heterocycles. The van der Waals surface area contributed by atoms with Crippen LogP contribution in [0.2, 0.25) is 0 Å². The van der Waals surface area contributed by atoms with Crippen molar-refractivity contribution in [2.45, 2.75) is 45.6 Å². The molecule has 0 atom stereocenters. The molecule has 1 aliphatic rings. The summed E-state index contributed by atoms with van der Waals surface area (Å²) in [6.45, 7) is 6.46. The number of hydrogen-bond acceptors (Lipinski definition) is 3. The molecule has 0 aliphatic heterocycles. The second kappa shape index (κ2) is 5.14. The van der Waals surface area contributed by atoms with Gasteiger partial charge in [-0.2, -0.15) is 10.5 Å². The van der Waals surface area contributed by atoms with Crippen molar-refractivity contribution in [3.8, 4) is 12.1 Å². The van der Waals surface area contributed by atoms with Gasteiger partial charge in [-0.3, -0.25) is 0 Å². The number of nitriles is 2. The van der Waals surface area contributed by atoms with E-state index < -0.39 is 5.41 Å². The maximum Gasteiger partial charge on any atom is 0.143 e. The summed E-state index contributed by atoms with van der Waals surface area (Å²) in [5.41, 5.74) is -0.691. The third-order valence-electron chi connectivity index (χ3n) is 3.57. The molecule has 0 aromatic rings. The molecule has 0 saturated heterocycles. The Morgan fingerprint density at radius 3 is 1.93 bits per heavy atom. The zero-order chi connectivity index (χ0) is 11.3. The van der Waals surface area contributed by atoms with Crippen LogP contribution in [0, 0.1) is 28.1 Å². The lowest BCUT2D eigenvalue weighted by atomic mass is 9.74. The highest BCUT2D eigenvalue weighted by Crippen LogP contribution is 2.36. The van der Waals surface area contributed by atoms with Gasteiger partial charge in [0.25, 0.3) is 0 Å². The summed E-state index contributed by atoms with van der Waals surface area (Å²) in [6, 6.07) is 4.94. The van der Waals surface area contributed by atoms with E-state index in [0.717, 1.165) is 38.8 Å². The predicted molar refractivity (Wildman–Crippen MR) is 58.8 cm³/mol. The highest BCUT2D eigenvalue weighted by Gasteiger charge is 2.36. The summed E-state index contributed by atoms with van der Waals surface area (Å²) >= 11 is 0. The lowest BCUT2D eigenvalue weighted by Crippen LogP contribution is -2.40. The summed E-state index contributed by atoms with van der Waals surface area (Å²) in [5, 5.41) is 18.0. The monoisotopic (exact) mass is 205 g/mol. The number of hydrogen-bond donors (Lipinski definition) is 0. The fraction of sp³-hybridized carbons (Fsp3) is 0.833. The highest BCUT2D eigenvalue weighted by molar-refractivity contribution is 5.15. The first-order valence-electron chi connectivity index (χ1n) is 5.78. The molecule has 82 valence electrons. The second-order valence-electron chi connectivity index (χ2n) is 4.26. The average Bonchev–Trinajstić information content (AvgIpc) is 2.32. The minimum absolute atomic E-state index is 0.579. The second-order valence-corrected chi connectivity index (χ2v) is 4.26. The van der Waals surface area contributed by atoms with E-state index in [1.54, 1.807) is 0 Å². The fourth-order valence-electron chi connectivity index (χ4n) is 2.45.